The second-order valence-corrected chi connectivity index (χ2v) is 9.38. The van der Waals surface area contributed by atoms with Gasteiger partial charge in [-0.15, -0.1) is 0 Å². The summed E-state index contributed by atoms with van der Waals surface area (Å²) in [5, 5.41) is 2.84. The highest BCUT2D eigenvalue weighted by molar-refractivity contribution is 7.89. The molecule has 29 heavy (non-hydrogen) atoms. The molecule has 6 nitrogen and oxygen atoms in total. The molecular weight excluding hydrogens is 388 g/mol. The van der Waals surface area contributed by atoms with E-state index in [1.165, 1.54) is 15.4 Å². The number of morpholine rings is 1. The molecule has 1 aliphatic rings. The lowest BCUT2D eigenvalue weighted by Crippen LogP contribution is -2.40. The predicted octanol–water partition coefficient (Wildman–Crippen LogP) is 3.20. The van der Waals surface area contributed by atoms with Crippen molar-refractivity contribution in [1.29, 1.82) is 0 Å². The van der Waals surface area contributed by atoms with Gasteiger partial charge in [-0.2, -0.15) is 4.31 Å². The molecule has 1 saturated heterocycles. The third-order valence-corrected chi connectivity index (χ3v) is 7.22. The Hall–Kier alpha value is -2.22. The van der Waals surface area contributed by atoms with E-state index >= 15 is 0 Å². The first-order valence-corrected chi connectivity index (χ1v) is 11.3. The van der Waals surface area contributed by atoms with Gasteiger partial charge in [-0.3, -0.25) is 4.79 Å². The molecule has 1 fully saturated rings. The van der Waals surface area contributed by atoms with Gasteiger partial charge in [0.25, 0.3) is 0 Å². The Kier molecular flexibility index (Phi) is 6.72. The van der Waals surface area contributed by atoms with Crippen LogP contribution in [-0.4, -0.2) is 44.9 Å². The van der Waals surface area contributed by atoms with Crippen molar-refractivity contribution in [2.75, 3.05) is 31.6 Å². The molecule has 1 aliphatic heterocycles. The van der Waals surface area contributed by atoms with E-state index in [0.29, 0.717) is 50.4 Å². The zero-order valence-electron chi connectivity index (χ0n) is 17.2. The second-order valence-electron chi connectivity index (χ2n) is 7.47. The van der Waals surface area contributed by atoms with Crippen molar-refractivity contribution in [2.24, 2.45) is 0 Å². The van der Waals surface area contributed by atoms with Crippen LogP contribution in [0.25, 0.3) is 0 Å². The van der Waals surface area contributed by atoms with Crippen LogP contribution in [-0.2, 0) is 26.0 Å². The predicted molar refractivity (Wildman–Crippen MR) is 114 cm³/mol. The van der Waals surface area contributed by atoms with Crippen LogP contribution < -0.4 is 5.32 Å². The molecule has 0 spiro atoms. The van der Waals surface area contributed by atoms with Crippen molar-refractivity contribution in [2.45, 2.75) is 38.5 Å². The Morgan fingerprint density at radius 1 is 1.03 bits per heavy atom. The normalized spacial score (nSPS) is 15.3. The number of sulfonamides is 1. The monoisotopic (exact) mass is 416 g/mol. The van der Waals surface area contributed by atoms with E-state index in [4.69, 9.17) is 4.74 Å². The number of nitrogens with one attached hydrogen (secondary N) is 1. The minimum Gasteiger partial charge on any atom is -0.379 e. The van der Waals surface area contributed by atoms with E-state index in [1.54, 1.807) is 25.1 Å². The lowest BCUT2D eigenvalue weighted by atomic mass is 10.0. The van der Waals surface area contributed by atoms with Gasteiger partial charge in [-0.1, -0.05) is 29.8 Å². The first-order valence-electron chi connectivity index (χ1n) is 9.82. The molecule has 0 atom stereocenters. The molecule has 0 aliphatic carbocycles. The van der Waals surface area contributed by atoms with E-state index in [0.717, 1.165) is 5.56 Å². The first-order chi connectivity index (χ1) is 13.8. The number of anilines is 1. The highest BCUT2D eigenvalue weighted by Gasteiger charge is 2.28. The van der Waals surface area contributed by atoms with Crippen molar-refractivity contribution in [3.05, 3.63) is 58.7 Å². The van der Waals surface area contributed by atoms with Crippen LogP contribution in [0.5, 0.6) is 0 Å². The number of benzene rings is 2. The minimum absolute atomic E-state index is 0.136. The van der Waals surface area contributed by atoms with Crippen LogP contribution in [0.15, 0.2) is 41.3 Å². The Labute approximate surface area is 172 Å². The summed E-state index contributed by atoms with van der Waals surface area (Å²) < 4.78 is 32.6. The van der Waals surface area contributed by atoms with Crippen LogP contribution in [0.1, 0.15) is 28.7 Å². The smallest absolute Gasteiger partial charge is 0.243 e. The van der Waals surface area contributed by atoms with Crippen LogP contribution in [0.4, 0.5) is 5.69 Å². The van der Waals surface area contributed by atoms with E-state index in [2.05, 4.69) is 17.4 Å². The van der Waals surface area contributed by atoms with Crippen molar-refractivity contribution in [3.63, 3.8) is 0 Å². The molecule has 0 unspecified atom stereocenters. The van der Waals surface area contributed by atoms with Crippen molar-refractivity contribution in [1.82, 2.24) is 4.31 Å². The molecule has 2 aromatic carbocycles. The fourth-order valence-electron chi connectivity index (χ4n) is 3.48. The van der Waals surface area contributed by atoms with Crippen LogP contribution in [0, 0.1) is 20.8 Å². The number of hydrogen-bond acceptors (Lipinski definition) is 4. The molecule has 1 N–H and O–H groups in total. The summed E-state index contributed by atoms with van der Waals surface area (Å²) >= 11 is 0. The van der Waals surface area contributed by atoms with Crippen LogP contribution in [0.2, 0.25) is 0 Å². The van der Waals surface area contributed by atoms with Crippen LogP contribution >= 0.6 is 0 Å². The highest BCUT2D eigenvalue weighted by atomic mass is 32.2. The third-order valence-electron chi connectivity index (χ3n) is 5.18. The number of rotatable bonds is 6. The van der Waals surface area contributed by atoms with Crippen molar-refractivity contribution in [3.8, 4) is 0 Å². The van der Waals surface area contributed by atoms with Crippen LogP contribution in [0.3, 0.4) is 0 Å². The van der Waals surface area contributed by atoms with Crippen molar-refractivity contribution >= 4 is 21.6 Å². The SMILES string of the molecule is Cc1ccc(CCC(=O)Nc2ccc(C)c(S(=O)(=O)N3CCOCC3)c2)c(C)c1. The maximum Gasteiger partial charge on any atom is 0.243 e. The van der Waals surface area contributed by atoms with Gasteiger partial charge < -0.3 is 10.1 Å². The third kappa shape index (κ3) is 5.23. The zero-order chi connectivity index (χ0) is 21.0. The summed E-state index contributed by atoms with van der Waals surface area (Å²) in [4.78, 5) is 12.7. The van der Waals surface area contributed by atoms with Gasteiger partial charge in [0.05, 0.1) is 18.1 Å². The first kappa shape index (κ1) is 21.5. The average molecular weight is 417 g/mol. The van der Waals surface area contributed by atoms with Crippen molar-refractivity contribution < 1.29 is 17.9 Å². The van der Waals surface area contributed by atoms with Gasteiger partial charge in [0, 0.05) is 25.2 Å². The van der Waals surface area contributed by atoms with E-state index in [-0.39, 0.29) is 10.8 Å². The molecule has 0 aromatic heterocycles. The zero-order valence-corrected chi connectivity index (χ0v) is 18.0. The number of hydrogen-bond donors (Lipinski definition) is 1. The molecule has 1 amide bonds. The van der Waals surface area contributed by atoms with Gasteiger partial charge in [0.15, 0.2) is 0 Å². The number of nitrogens with zero attached hydrogens (tertiary/aromatic N) is 1. The Morgan fingerprint density at radius 2 is 1.76 bits per heavy atom. The summed E-state index contributed by atoms with van der Waals surface area (Å²) in [5.41, 5.74) is 4.67. The summed E-state index contributed by atoms with van der Waals surface area (Å²) in [6.45, 7) is 7.33. The van der Waals surface area contributed by atoms with Gasteiger partial charge >= 0.3 is 0 Å². The van der Waals surface area contributed by atoms with E-state index in [9.17, 15) is 13.2 Å². The number of ether oxygens (including phenoxy) is 1. The minimum atomic E-state index is -3.61. The summed E-state index contributed by atoms with van der Waals surface area (Å²) in [6.07, 6.45) is 0.978. The number of carbonyl (C=O) groups is 1. The van der Waals surface area contributed by atoms with Gasteiger partial charge in [0.2, 0.25) is 15.9 Å². The lowest BCUT2D eigenvalue weighted by Gasteiger charge is -2.26. The molecule has 0 radical (unpaired) electrons. The second kappa shape index (κ2) is 9.07. The summed E-state index contributed by atoms with van der Waals surface area (Å²) in [6, 6.07) is 11.2. The largest absolute Gasteiger partial charge is 0.379 e. The maximum absolute atomic E-state index is 13.0. The Bertz CT molecular complexity index is 996. The fraction of sp³-hybridized carbons (Fsp3) is 0.409. The number of amides is 1. The standard InChI is InChI=1S/C22H28N2O4S/c1-16-4-6-19(18(3)14-16)7-9-22(25)23-20-8-5-17(2)21(15-20)29(26,27)24-10-12-28-13-11-24/h4-6,8,14-15H,7,9-13H2,1-3H3,(H,23,25). The maximum atomic E-state index is 13.0. The van der Waals surface area contributed by atoms with Gasteiger partial charge in [-0.25, -0.2) is 8.42 Å². The molecule has 1 heterocycles. The molecule has 0 saturated carbocycles. The quantitative estimate of drug-likeness (QED) is 0.785. The summed E-state index contributed by atoms with van der Waals surface area (Å²) in [7, 11) is -3.61. The number of aryl methyl sites for hydroxylation is 4. The lowest BCUT2D eigenvalue weighted by molar-refractivity contribution is -0.116. The molecule has 2 aromatic rings. The van der Waals surface area contributed by atoms with E-state index in [1.807, 2.05) is 19.9 Å². The highest BCUT2D eigenvalue weighted by Crippen LogP contribution is 2.24. The number of carbonyl (C=O) groups excluding carboxylic acids is 1. The van der Waals surface area contributed by atoms with E-state index < -0.39 is 10.0 Å². The Balaban J connectivity index is 1.69. The fourth-order valence-corrected chi connectivity index (χ4v) is 5.14. The Morgan fingerprint density at radius 3 is 2.45 bits per heavy atom. The molecule has 3 rings (SSSR count). The molecule has 0 bridgehead atoms. The van der Waals surface area contributed by atoms with Gasteiger partial charge in [-0.05, 0) is 56.0 Å². The average Bonchev–Trinajstić information content (AvgIpc) is 2.69. The topological polar surface area (TPSA) is 75.7 Å². The van der Waals surface area contributed by atoms with Gasteiger partial charge in [0.1, 0.15) is 0 Å². The molecular formula is C22H28N2O4S. The molecule has 7 heteroatoms. The summed E-state index contributed by atoms with van der Waals surface area (Å²) in [5.74, 6) is -0.136. The molecule has 156 valence electrons.